The number of ether oxygens (including phenoxy) is 1. The van der Waals surface area contributed by atoms with E-state index < -0.39 is 12.1 Å². The van der Waals surface area contributed by atoms with Gasteiger partial charge in [-0.15, -0.1) is 11.3 Å². The number of amides is 1. The van der Waals surface area contributed by atoms with Crippen LogP contribution in [0.4, 0.5) is 0 Å². The molecule has 0 spiro atoms. The molecular formula is C21H23NO4S. The van der Waals surface area contributed by atoms with E-state index in [-0.39, 0.29) is 30.6 Å². The van der Waals surface area contributed by atoms with Gasteiger partial charge < -0.3 is 10.1 Å². The fourth-order valence-electron chi connectivity index (χ4n) is 2.85. The van der Waals surface area contributed by atoms with E-state index in [2.05, 4.69) is 5.32 Å². The van der Waals surface area contributed by atoms with E-state index in [1.165, 1.54) is 0 Å². The van der Waals surface area contributed by atoms with Gasteiger partial charge in [-0.05, 0) is 32.8 Å². The zero-order valence-corrected chi connectivity index (χ0v) is 16.3. The van der Waals surface area contributed by atoms with Crippen LogP contribution < -0.4 is 5.32 Å². The molecule has 1 aliphatic carbocycles. The summed E-state index contributed by atoms with van der Waals surface area (Å²) in [5, 5.41) is 2.88. The molecular weight excluding hydrogens is 362 g/mol. The number of ketones is 1. The fourth-order valence-corrected chi connectivity index (χ4v) is 3.80. The number of esters is 1. The highest BCUT2D eigenvalue weighted by molar-refractivity contribution is 7.12. The number of hydrogen-bond acceptors (Lipinski definition) is 5. The Labute approximate surface area is 162 Å². The Hall–Kier alpha value is -2.47. The largest absolute Gasteiger partial charge is 0.447 e. The van der Waals surface area contributed by atoms with Gasteiger partial charge in [0.1, 0.15) is 0 Å². The van der Waals surface area contributed by atoms with Gasteiger partial charge in [-0.3, -0.25) is 14.4 Å². The van der Waals surface area contributed by atoms with Crippen LogP contribution in [0, 0.1) is 13.8 Å². The second kappa shape index (κ2) is 8.48. The van der Waals surface area contributed by atoms with Crippen molar-refractivity contribution >= 4 is 29.0 Å². The van der Waals surface area contributed by atoms with Gasteiger partial charge in [-0.1, -0.05) is 30.3 Å². The maximum Gasteiger partial charge on any atom is 0.307 e. The van der Waals surface area contributed by atoms with Crippen LogP contribution in [-0.2, 0) is 14.3 Å². The Morgan fingerprint density at radius 2 is 1.85 bits per heavy atom. The van der Waals surface area contributed by atoms with Crippen LogP contribution in [0.15, 0.2) is 36.4 Å². The molecule has 0 saturated heterocycles. The summed E-state index contributed by atoms with van der Waals surface area (Å²) in [5.41, 5.74) is 1.29. The van der Waals surface area contributed by atoms with E-state index in [0.717, 1.165) is 22.6 Å². The third kappa shape index (κ3) is 5.26. The molecule has 142 valence electrons. The van der Waals surface area contributed by atoms with Crippen LogP contribution in [0.3, 0.4) is 0 Å². The SMILES string of the molecule is Cc1cc(C(=O)CCC(=O)O[C@H](C(=O)NC2CC2)c2ccccc2)c(C)s1. The summed E-state index contributed by atoms with van der Waals surface area (Å²) < 4.78 is 5.45. The Morgan fingerprint density at radius 3 is 2.44 bits per heavy atom. The molecule has 2 aromatic rings. The molecule has 6 heteroatoms. The lowest BCUT2D eigenvalue weighted by atomic mass is 10.1. The fraction of sp³-hybridized carbons (Fsp3) is 0.381. The third-order valence-corrected chi connectivity index (χ3v) is 5.38. The predicted octanol–water partition coefficient (Wildman–Crippen LogP) is 3.89. The van der Waals surface area contributed by atoms with Crippen molar-refractivity contribution in [2.75, 3.05) is 0 Å². The van der Waals surface area contributed by atoms with Gasteiger partial charge in [0.15, 0.2) is 5.78 Å². The Bertz CT molecular complexity index is 839. The van der Waals surface area contributed by atoms with Crippen molar-refractivity contribution in [2.24, 2.45) is 0 Å². The number of carbonyl (C=O) groups is 3. The molecule has 1 amide bonds. The average molecular weight is 385 g/mol. The van der Waals surface area contributed by atoms with Gasteiger partial charge in [0.2, 0.25) is 6.10 Å². The molecule has 0 radical (unpaired) electrons. The minimum absolute atomic E-state index is 0.0484. The van der Waals surface area contributed by atoms with Crippen LogP contribution in [0.5, 0.6) is 0 Å². The predicted molar refractivity (Wildman–Crippen MR) is 104 cm³/mol. The van der Waals surface area contributed by atoms with Gasteiger partial charge >= 0.3 is 5.97 Å². The van der Waals surface area contributed by atoms with Gasteiger partial charge in [-0.2, -0.15) is 0 Å². The highest BCUT2D eigenvalue weighted by Crippen LogP contribution is 2.25. The molecule has 1 aliphatic rings. The first-order valence-corrected chi connectivity index (χ1v) is 9.90. The lowest BCUT2D eigenvalue weighted by Crippen LogP contribution is -2.33. The van der Waals surface area contributed by atoms with Gasteiger partial charge in [0.25, 0.3) is 5.91 Å². The summed E-state index contributed by atoms with van der Waals surface area (Å²) in [6.45, 7) is 3.85. The first-order valence-electron chi connectivity index (χ1n) is 9.09. The van der Waals surface area contributed by atoms with Crippen molar-refractivity contribution in [2.45, 2.75) is 51.7 Å². The number of aryl methyl sites for hydroxylation is 2. The Kier molecular flexibility index (Phi) is 6.06. The van der Waals surface area contributed by atoms with Crippen molar-refractivity contribution < 1.29 is 19.1 Å². The summed E-state index contributed by atoms with van der Waals surface area (Å²) >= 11 is 1.57. The number of nitrogens with one attached hydrogen (secondary N) is 1. The van der Waals surface area contributed by atoms with Gasteiger partial charge in [0, 0.05) is 33.3 Å². The van der Waals surface area contributed by atoms with E-state index >= 15 is 0 Å². The van der Waals surface area contributed by atoms with Crippen LogP contribution in [0.25, 0.3) is 0 Å². The molecule has 3 rings (SSSR count). The highest BCUT2D eigenvalue weighted by atomic mass is 32.1. The number of Topliss-reactive ketones (excluding diaryl/α,β-unsaturated/α-hetero) is 1. The summed E-state index contributed by atoms with van der Waals surface area (Å²) in [4.78, 5) is 39.2. The van der Waals surface area contributed by atoms with Crippen molar-refractivity contribution in [3.8, 4) is 0 Å². The lowest BCUT2D eigenvalue weighted by molar-refractivity contribution is -0.156. The summed E-state index contributed by atoms with van der Waals surface area (Å²) in [6, 6.07) is 11.0. The molecule has 1 fully saturated rings. The first kappa shape index (κ1) is 19.3. The van der Waals surface area contributed by atoms with E-state index in [1.54, 1.807) is 35.6 Å². The molecule has 1 atom stereocenters. The molecule has 1 N–H and O–H groups in total. The minimum atomic E-state index is -0.987. The standard InChI is InChI=1S/C21H23NO4S/c1-13-12-17(14(2)27-13)18(23)10-11-19(24)26-20(15-6-4-3-5-7-15)21(25)22-16-8-9-16/h3-7,12,16,20H,8-11H2,1-2H3,(H,22,25)/t20-/m0/s1. The van der Waals surface area contributed by atoms with E-state index in [4.69, 9.17) is 4.74 Å². The quantitative estimate of drug-likeness (QED) is 0.553. The molecule has 0 bridgehead atoms. The number of rotatable bonds is 8. The zero-order valence-electron chi connectivity index (χ0n) is 15.5. The molecule has 0 aliphatic heterocycles. The zero-order chi connectivity index (χ0) is 19.4. The van der Waals surface area contributed by atoms with E-state index in [1.807, 2.05) is 26.0 Å². The summed E-state index contributed by atoms with van der Waals surface area (Å²) in [7, 11) is 0. The Morgan fingerprint density at radius 1 is 1.15 bits per heavy atom. The third-order valence-electron chi connectivity index (χ3n) is 4.41. The number of thiophene rings is 1. The van der Waals surface area contributed by atoms with E-state index in [9.17, 15) is 14.4 Å². The highest BCUT2D eigenvalue weighted by Gasteiger charge is 2.30. The van der Waals surface area contributed by atoms with Crippen molar-refractivity contribution in [3.05, 3.63) is 57.3 Å². The normalized spacial score (nSPS) is 14.4. The molecule has 1 aromatic carbocycles. The number of benzene rings is 1. The maximum atomic E-state index is 12.5. The molecule has 1 saturated carbocycles. The second-order valence-corrected chi connectivity index (χ2v) is 8.27. The smallest absolute Gasteiger partial charge is 0.307 e. The van der Waals surface area contributed by atoms with Crippen molar-refractivity contribution in [3.63, 3.8) is 0 Å². The number of carbonyl (C=O) groups excluding carboxylic acids is 3. The maximum absolute atomic E-state index is 12.5. The number of hydrogen-bond donors (Lipinski definition) is 1. The van der Waals surface area contributed by atoms with Crippen molar-refractivity contribution in [1.82, 2.24) is 5.32 Å². The average Bonchev–Trinajstić information content (AvgIpc) is 3.39. The van der Waals surface area contributed by atoms with Gasteiger partial charge in [-0.25, -0.2) is 0 Å². The topological polar surface area (TPSA) is 72.5 Å². The van der Waals surface area contributed by atoms with Gasteiger partial charge in [0.05, 0.1) is 6.42 Å². The van der Waals surface area contributed by atoms with Crippen LogP contribution in [-0.4, -0.2) is 23.7 Å². The molecule has 5 nitrogen and oxygen atoms in total. The Balaban J connectivity index is 1.61. The lowest BCUT2D eigenvalue weighted by Gasteiger charge is -2.18. The summed E-state index contributed by atoms with van der Waals surface area (Å²) in [6.07, 6.45) is 0.943. The second-order valence-electron chi connectivity index (χ2n) is 6.81. The van der Waals surface area contributed by atoms with E-state index in [0.29, 0.717) is 11.1 Å². The monoisotopic (exact) mass is 385 g/mol. The minimum Gasteiger partial charge on any atom is -0.447 e. The van der Waals surface area contributed by atoms with Crippen molar-refractivity contribution in [1.29, 1.82) is 0 Å². The first-order chi connectivity index (χ1) is 12.9. The van der Waals surface area contributed by atoms with Crippen LogP contribution in [0.2, 0.25) is 0 Å². The summed E-state index contributed by atoms with van der Waals surface area (Å²) in [5.74, 6) is -0.937. The molecule has 1 aromatic heterocycles. The molecule has 0 unspecified atom stereocenters. The van der Waals surface area contributed by atoms with Crippen LogP contribution in [0.1, 0.15) is 57.5 Å². The molecule has 27 heavy (non-hydrogen) atoms. The van der Waals surface area contributed by atoms with Crippen LogP contribution >= 0.6 is 11.3 Å². The molecule has 1 heterocycles.